The zero-order valence-corrected chi connectivity index (χ0v) is 19.6. The van der Waals surface area contributed by atoms with Gasteiger partial charge in [0.05, 0.1) is 11.4 Å². The second-order valence-corrected chi connectivity index (χ2v) is 9.00. The van der Waals surface area contributed by atoms with E-state index in [0.717, 1.165) is 44.6 Å². The SMILES string of the molecule is Cc1nc(NCCN2CCCC2)c(C(C)c2ccc(F)cc2)nc1C(=O)NC1CCOCC1. The molecule has 0 aliphatic carbocycles. The van der Waals surface area contributed by atoms with E-state index in [1.165, 1.54) is 25.0 Å². The Bertz CT molecular complexity index is 941. The quantitative estimate of drug-likeness (QED) is 0.634. The molecular formula is C25H34FN5O2. The lowest BCUT2D eigenvalue weighted by molar-refractivity contribution is 0.0693. The average Bonchev–Trinajstić information content (AvgIpc) is 3.33. The van der Waals surface area contributed by atoms with Crippen LogP contribution < -0.4 is 10.6 Å². The normalized spacial score (nSPS) is 18.3. The first kappa shape index (κ1) is 23.6. The average molecular weight is 456 g/mol. The molecule has 1 aromatic carbocycles. The minimum atomic E-state index is -0.276. The third-order valence-corrected chi connectivity index (χ3v) is 6.57. The lowest BCUT2D eigenvalue weighted by Crippen LogP contribution is -2.39. The summed E-state index contributed by atoms with van der Waals surface area (Å²) < 4.78 is 18.9. The number of nitrogens with zero attached hydrogens (tertiary/aromatic N) is 3. The highest BCUT2D eigenvalue weighted by atomic mass is 19.1. The summed E-state index contributed by atoms with van der Waals surface area (Å²) in [4.78, 5) is 25.1. The molecule has 2 aliphatic heterocycles. The zero-order valence-electron chi connectivity index (χ0n) is 19.6. The molecule has 3 heterocycles. The van der Waals surface area contributed by atoms with Crippen LogP contribution in [0.25, 0.3) is 0 Å². The largest absolute Gasteiger partial charge is 0.381 e. The van der Waals surface area contributed by atoms with Crippen LogP contribution in [0.4, 0.5) is 10.2 Å². The number of halogens is 1. The number of amides is 1. The Morgan fingerprint density at radius 2 is 1.88 bits per heavy atom. The number of carbonyl (C=O) groups is 1. The minimum absolute atomic E-state index is 0.0867. The fraction of sp³-hybridized carbons (Fsp3) is 0.560. The summed E-state index contributed by atoms with van der Waals surface area (Å²) in [5.74, 6) is 0.0539. The highest BCUT2D eigenvalue weighted by molar-refractivity contribution is 5.93. The second kappa shape index (κ2) is 11.0. The standard InChI is InChI=1S/C25H34FN5O2/c1-17(19-5-7-20(26)8-6-19)22-24(27-11-14-31-12-3-4-13-31)28-18(2)23(30-22)25(32)29-21-9-15-33-16-10-21/h5-8,17,21H,3-4,9-16H2,1-2H3,(H,27,28)(H,29,32). The molecule has 2 N–H and O–H groups in total. The predicted octanol–water partition coefficient (Wildman–Crippen LogP) is 3.49. The van der Waals surface area contributed by atoms with Gasteiger partial charge in [-0.05, 0) is 63.4 Å². The molecule has 2 aromatic rings. The number of anilines is 1. The first-order valence-electron chi connectivity index (χ1n) is 12.0. The molecular weight excluding hydrogens is 421 g/mol. The van der Waals surface area contributed by atoms with Crippen molar-refractivity contribution in [2.45, 2.75) is 51.5 Å². The fourth-order valence-corrected chi connectivity index (χ4v) is 4.52. The molecule has 2 saturated heterocycles. The number of likely N-dealkylation sites (tertiary alicyclic amines) is 1. The molecule has 1 unspecified atom stereocenters. The molecule has 2 aliphatic rings. The number of hydrogen-bond acceptors (Lipinski definition) is 6. The summed E-state index contributed by atoms with van der Waals surface area (Å²) in [7, 11) is 0. The summed E-state index contributed by atoms with van der Waals surface area (Å²) in [5, 5.41) is 6.54. The number of hydrogen-bond donors (Lipinski definition) is 2. The number of benzene rings is 1. The van der Waals surface area contributed by atoms with E-state index in [2.05, 4.69) is 15.5 Å². The predicted molar refractivity (Wildman–Crippen MR) is 126 cm³/mol. The Kier molecular flexibility index (Phi) is 7.88. The monoisotopic (exact) mass is 455 g/mol. The molecule has 0 radical (unpaired) electrons. The number of carbonyl (C=O) groups excluding carboxylic acids is 1. The highest BCUT2D eigenvalue weighted by Crippen LogP contribution is 2.29. The van der Waals surface area contributed by atoms with Crippen molar-refractivity contribution in [3.8, 4) is 0 Å². The van der Waals surface area contributed by atoms with E-state index >= 15 is 0 Å². The van der Waals surface area contributed by atoms with Crippen LogP contribution in [0.2, 0.25) is 0 Å². The van der Waals surface area contributed by atoms with Gasteiger partial charge in [-0.2, -0.15) is 0 Å². The van der Waals surface area contributed by atoms with Crippen LogP contribution in [0, 0.1) is 12.7 Å². The van der Waals surface area contributed by atoms with E-state index in [0.29, 0.717) is 36.1 Å². The smallest absolute Gasteiger partial charge is 0.271 e. The first-order valence-corrected chi connectivity index (χ1v) is 12.0. The van der Waals surface area contributed by atoms with Crippen LogP contribution in [0.3, 0.4) is 0 Å². The topological polar surface area (TPSA) is 79.4 Å². The van der Waals surface area contributed by atoms with E-state index in [1.54, 1.807) is 12.1 Å². The van der Waals surface area contributed by atoms with E-state index < -0.39 is 0 Å². The summed E-state index contributed by atoms with van der Waals surface area (Å²) >= 11 is 0. The summed E-state index contributed by atoms with van der Waals surface area (Å²) in [6, 6.07) is 6.51. The van der Waals surface area contributed by atoms with Gasteiger partial charge in [0.2, 0.25) is 0 Å². The van der Waals surface area contributed by atoms with E-state index in [-0.39, 0.29) is 23.7 Å². The van der Waals surface area contributed by atoms with Crippen molar-refractivity contribution in [2.24, 2.45) is 0 Å². The van der Waals surface area contributed by atoms with Gasteiger partial charge in [-0.15, -0.1) is 0 Å². The van der Waals surface area contributed by atoms with Crippen LogP contribution in [0.15, 0.2) is 24.3 Å². The maximum atomic E-state index is 13.5. The lowest BCUT2D eigenvalue weighted by atomic mass is 9.97. The molecule has 2 fully saturated rings. The Balaban J connectivity index is 1.57. The van der Waals surface area contributed by atoms with E-state index in [4.69, 9.17) is 14.7 Å². The minimum Gasteiger partial charge on any atom is -0.381 e. The van der Waals surface area contributed by atoms with Gasteiger partial charge in [-0.1, -0.05) is 19.1 Å². The Morgan fingerprint density at radius 1 is 1.18 bits per heavy atom. The van der Waals surface area contributed by atoms with Crippen molar-refractivity contribution < 1.29 is 13.9 Å². The third kappa shape index (κ3) is 6.06. The van der Waals surface area contributed by atoms with Crippen molar-refractivity contribution in [3.63, 3.8) is 0 Å². The molecule has 7 nitrogen and oxygen atoms in total. The number of nitrogens with one attached hydrogen (secondary N) is 2. The molecule has 0 bridgehead atoms. The van der Waals surface area contributed by atoms with Crippen molar-refractivity contribution in [1.82, 2.24) is 20.2 Å². The van der Waals surface area contributed by atoms with Gasteiger partial charge in [-0.25, -0.2) is 14.4 Å². The van der Waals surface area contributed by atoms with Crippen LogP contribution in [0.1, 0.15) is 66.0 Å². The van der Waals surface area contributed by atoms with E-state index in [9.17, 15) is 9.18 Å². The highest BCUT2D eigenvalue weighted by Gasteiger charge is 2.24. The van der Waals surface area contributed by atoms with Crippen molar-refractivity contribution in [1.29, 1.82) is 0 Å². The lowest BCUT2D eigenvalue weighted by Gasteiger charge is -2.24. The van der Waals surface area contributed by atoms with Gasteiger partial charge >= 0.3 is 0 Å². The van der Waals surface area contributed by atoms with Crippen LogP contribution in [-0.2, 0) is 4.74 Å². The van der Waals surface area contributed by atoms with Gasteiger partial charge in [0.15, 0.2) is 0 Å². The van der Waals surface area contributed by atoms with Gasteiger partial charge in [0, 0.05) is 38.3 Å². The molecule has 1 aromatic heterocycles. The fourth-order valence-electron chi connectivity index (χ4n) is 4.52. The van der Waals surface area contributed by atoms with E-state index in [1.807, 2.05) is 13.8 Å². The Morgan fingerprint density at radius 3 is 2.58 bits per heavy atom. The van der Waals surface area contributed by atoms with Gasteiger partial charge in [-0.3, -0.25) is 4.79 Å². The van der Waals surface area contributed by atoms with Gasteiger partial charge in [0.1, 0.15) is 17.3 Å². The number of aryl methyl sites for hydroxylation is 1. The van der Waals surface area contributed by atoms with Gasteiger partial charge in [0.25, 0.3) is 5.91 Å². The molecule has 33 heavy (non-hydrogen) atoms. The first-order chi connectivity index (χ1) is 16.0. The van der Waals surface area contributed by atoms with Crippen molar-refractivity contribution in [2.75, 3.05) is 44.7 Å². The summed E-state index contributed by atoms with van der Waals surface area (Å²) in [6.45, 7) is 9.11. The number of ether oxygens (including phenoxy) is 1. The molecule has 0 saturated carbocycles. The zero-order chi connectivity index (χ0) is 23.2. The van der Waals surface area contributed by atoms with Crippen molar-refractivity contribution in [3.05, 3.63) is 52.7 Å². The number of rotatable bonds is 8. The second-order valence-electron chi connectivity index (χ2n) is 9.00. The van der Waals surface area contributed by atoms with Gasteiger partial charge < -0.3 is 20.3 Å². The molecule has 0 spiro atoms. The van der Waals surface area contributed by atoms with Crippen molar-refractivity contribution >= 4 is 11.7 Å². The molecule has 178 valence electrons. The van der Waals surface area contributed by atoms with Crippen LogP contribution in [-0.4, -0.2) is 66.2 Å². The Hall–Kier alpha value is -2.58. The third-order valence-electron chi connectivity index (χ3n) is 6.57. The summed E-state index contributed by atoms with van der Waals surface area (Å²) in [5.41, 5.74) is 2.56. The molecule has 1 amide bonds. The maximum Gasteiger partial charge on any atom is 0.271 e. The molecule has 4 rings (SSSR count). The van der Waals surface area contributed by atoms with Crippen LogP contribution >= 0.6 is 0 Å². The molecule has 1 atom stereocenters. The van der Waals surface area contributed by atoms with Crippen LogP contribution in [0.5, 0.6) is 0 Å². The Labute approximate surface area is 195 Å². The summed E-state index contributed by atoms with van der Waals surface area (Å²) in [6.07, 6.45) is 4.10. The molecule has 8 heteroatoms. The maximum absolute atomic E-state index is 13.5. The number of aromatic nitrogens is 2.